The van der Waals surface area contributed by atoms with Crippen LogP contribution in [0.4, 0.5) is 0 Å². The van der Waals surface area contributed by atoms with Crippen LogP contribution in [0.1, 0.15) is 16.7 Å². The fourth-order valence-corrected chi connectivity index (χ4v) is 2.35. The summed E-state index contributed by atoms with van der Waals surface area (Å²) in [5.74, 6) is 1.22. The first-order chi connectivity index (χ1) is 10.7. The molecule has 2 aromatic rings. The van der Waals surface area contributed by atoms with Gasteiger partial charge < -0.3 is 10.1 Å². The molecule has 0 aromatic heterocycles. The quantitative estimate of drug-likeness (QED) is 0.884. The van der Waals surface area contributed by atoms with Gasteiger partial charge in [0.15, 0.2) is 0 Å². The summed E-state index contributed by atoms with van der Waals surface area (Å²) in [7, 11) is 1.64. The zero-order valence-corrected chi connectivity index (χ0v) is 12.5. The van der Waals surface area contributed by atoms with Crippen molar-refractivity contribution in [2.45, 2.75) is 6.92 Å². The van der Waals surface area contributed by atoms with Gasteiger partial charge in [0.1, 0.15) is 17.3 Å². The van der Waals surface area contributed by atoms with Gasteiger partial charge in [0.25, 0.3) is 5.91 Å². The van der Waals surface area contributed by atoms with Crippen molar-refractivity contribution < 1.29 is 9.53 Å². The molecule has 4 heteroatoms. The molecular formula is C18H16N2O2. The first-order valence-electron chi connectivity index (χ1n) is 6.99. The Bertz CT molecular complexity index is 777. The van der Waals surface area contributed by atoms with Gasteiger partial charge in [-0.15, -0.1) is 0 Å². The number of carbonyl (C=O) groups is 1. The number of rotatable bonds is 3. The number of aryl methyl sites for hydroxylation is 1. The molecule has 0 unspecified atom stereocenters. The van der Waals surface area contributed by atoms with Crippen molar-refractivity contribution in [1.29, 1.82) is 0 Å². The summed E-state index contributed by atoms with van der Waals surface area (Å²) in [5, 5.41) is 2.80. The molecule has 0 atom stereocenters. The van der Waals surface area contributed by atoms with Crippen molar-refractivity contribution in [2.75, 3.05) is 7.11 Å². The summed E-state index contributed by atoms with van der Waals surface area (Å²) in [4.78, 5) is 16.4. The maximum atomic E-state index is 12.1. The standard InChI is InChI=1S/C18H16N2O2/c1-12-10-13(8-9-16(12)22-2)11-15-18(21)20-17(19-15)14-6-4-3-5-7-14/h3-11H,1-2H3,(H,19,20,21)/b15-11+. The largest absolute Gasteiger partial charge is 0.496 e. The Morgan fingerprint density at radius 2 is 1.91 bits per heavy atom. The lowest BCUT2D eigenvalue weighted by atomic mass is 10.1. The number of methoxy groups -OCH3 is 1. The van der Waals surface area contributed by atoms with Gasteiger partial charge in [-0.3, -0.25) is 4.79 Å². The van der Waals surface area contributed by atoms with Gasteiger partial charge in [0.2, 0.25) is 0 Å². The molecule has 1 amide bonds. The Hall–Kier alpha value is -2.88. The van der Waals surface area contributed by atoms with E-state index in [-0.39, 0.29) is 5.91 Å². The summed E-state index contributed by atoms with van der Waals surface area (Å²) >= 11 is 0. The second-order valence-corrected chi connectivity index (χ2v) is 5.04. The van der Waals surface area contributed by atoms with E-state index >= 15 is 0 Å². The topological polar surface area (TPSA) is 50.7 Å². The van der Waals surface area contributed by atoms with E-state index in [2.05, 4.69) is 10.3 Å². The van der Waals surface area contributed by atoms with Crippen LogP contribution in [0.15, 0.2) is 59.2 Å². The Labute approximate surface area is 129 Å². The number of amides is 1. The monoisotopic (exact) mass is 292 g/mol. The van der Waals surface area contributed by atoms with Gasteiger partial charge >= 0.3 is 0 Å². The highest BCUT2D eigenvalue weighted by Gasteiger charge is 2.20. The highest BCUT2D eigenvalue weighted by atomic mass is 16.5. The van der Waals surface area contributed by atoms with E-state index in [1.54, 1.807) is 13.2 Å². The number of nitrogens with one attached hydrogen (secondary N) is 1. The van der Waals surface area contributed by atoms with E-state index in [1.165, 1.54) is 0 Å². The molecule has 4 nitrogen and oxygen atoms in total. The number of aliphatic imine (C=N–C) groups is 1. The van der Waals surface area contributed by atoms with E-state index in [4.69, 9.17) is 4.74 Å². The maximum Gasteiger partial charge on any atom is 0.275 e. The number of hydrogen-bond acceptors (Lipinski definition) is 3. The lowest BCUT2D eigenvalue weighted by Gasteiger charge is -2.04. The molecule has 0 radical (unpaired) electrons. The predicted molar refractivity (Wildman–Crippen MR) is 86.8 cm³/mol. The molecule has 1 aliphatic heterocycles. The van der Waals surface area contributed by atoms with Gasteiger partial charge in [-0.2, -0.15) is 0 Å². The van der Waals surface area contributed by atoms with E-state index in [0.717, 1.165) is 22.4 Å². The molecule has 0 spiro atoms. The van der Waals surface area contributed by atoms with Gasteiger partial charge in [-0.1, -0.05) is 36.4 Å². The number of nitrogens with zero attached hydrogens (tertiary/aromatic N) is 1. The van der Waals surface area contributed by atoms with E-state index in [0.29, 0.717) is 11.5 Å². The van der Waals surface area contributed by atoms with Crippen molar-refractivity contribution >= 4 is 17.8 Å². The molecule has 1 aliphatic rings. The van der Waals surface area contributed by atoms with Gasteiger partial charge in [-0.05, 0) is 36.3 Å². The number of ether oxygens (including phenoxy) is 1. The van der Waals surface area contributed by atoms with Crippen LogP contribution >= 0.6 is 0 Å². The normalized spacial score (nSPS) is 15.6. The lowest BCUT2D eigenvalue weighted by molar-refractivity contribution is -0.115. The molecule has 3 rings (SSSR count). The molecule has 0 saturated carbocycles. The van der Waals surface area contributed by atoms with Crippen LogP contribution in [0.3, 0.4) is 0 Å². The minimum Gasteiger partial charge on any atom is -0.496 e. The fraction of sp³-hybridized carbons (Fsp3) is 0.111. The van der Waals surface area contributed by atoms with Crippen LogP contribution in [0.2, 0.25) is 0 Å². The summed E-state index contributed by atoms with van der Waals surface area (Å²) in [5.41, 5.74) is 3.23. The molecule has 110 valence electrons. The summed E-state index contributed by atoms with van der Waals surface area (Å²) in [6.45, 7) is 1.97. The minimum atomic E-state index is -0.188. The summed E-state index contributed by atoms with van der Waals surface area (Å²) in [6, 6.07) is 15.3. The average molecular weight is 292 g/mol. The Morgan fingerprint density at radius 1 is 1.14 bits per heavy atom. The van der Waals surface area contributed by atoms with Crippen molar-refractivity contribution in [3.8, 4) is 5.75 Å². The van der Waals surface area contributed by atoms with Crippen LogP contribution < -0.4 is 10.1 Å². The molecular weight excluding hydrogens is 276 g/mol. The molecule has 0 fully saturated rings. The third kappa shape index (κ3) is 2.76. The first-order valence-corrected chi connectivity index (χ1v) is 6.99. The Kier molecular flexibility index (Phi) is 3.74. The summed E-state index contributed by atoms with van der Waals surface area (Å²) < 4.78 is 5.24. The third-order valence-corrected chi connectivity index (χ3v) is 3.47. The van der Waals surface area contributed by atoms with Crippen molar-refractivity contribution in [3.63, 3.8) is 0 Å². The van der Waals surface area contributed by atoms with Gasteiger partial charge in [0, 0.05) is 5.56 Å². The first kappa shape index (κ1) is 14.1. The maximum absolute atomic E-state index is 12.1. The van der Waals surface area contributed by atoms with Crippen molar-refractivity contribution in [1.82, 2.24) is 5.32 Å². The second-order valence-electron chi connectivity index (χ2n) is 5.04. The van der Waals surface area contributed by atoms with E-state index < -0.39 is 0 Å². The SMILES string of the molecule is COc1ccc(/C=C2/N=C(c3ccccc3)NC2=O)cc1C. The number of hydrogen-bond donors (Lipinski definition) is 1. The molecule has 0 aliphatic carbocycles. The molecule has 1 heterocycles. The van der Waals surface area contributed by atoms with Crippen LogP contribution in [0.5, 0.6) is 5.75 Å². The average Bonchev–Trinajstić information content (AvgIpc) is 2.89. The molecule has 0 bridgehead atoms. The minimum absolute atomic E-state index is 0.188. The van der Waals surface area contributed by atoms with Gasteiger partial charge in [0.05, 0.1) is 7.11 Å². The highest BCUT2D eigenvalue weighted by molar-refractivity contribution is 6.19. The van der Waals surface area contributed by atoms with Crippen LogP contribution in [-0.4, -0.2) is 18.9 Å². The van der Waals surface area contributed by atoms with Crippen molar-refractivity contribution in [2.24, 2.45) is 4.99 Å². The van der Waals surface area contributed by atoms with Crippen LogP contribution in [0, 0.1) is 6.92 Å². The van der Waals surface area contributed by atoms with Crippen LogP contribution in [-0.2, 0) is 4.79 Å². The van der Waals surface area contributed by atoms with Crippen molar-refractivity contribution in [3.05, 3.63) is 70.9 Å². The molecule has 22 heavy (non-hydrogen) atoms. The molecule has 0 saturated heterocycles. The van der Waals surface area contributed by atoms with Gasteiger partial charge in [-0.25, -0.2) is 4.99 Å². The zero-order chi connectivity index (χ0) is 15.5. The third-order valence-electron chi connectivity index (χ3n) is 3.47. The Balaban J connectivity index is 1.92. The summed E-state index contributed by atoms with van der Waals surface area (Å²) in [6.07, 6.45) is 1.78. The van der Waals surface area contributed by atoms with E-state index in [9.17, 15) is 4.79 Å². The lowest BCUT2D eigenvalue weighted by Crippen LogP contribution is -2.24. The number of amidine groups is 1. The Morgan fingerprint density at radius 3 is 2.59 bits per heavy atom. The second kappa shape index (κ2) is 5.85. The fourth-order valence-electron chi connectivity index (χ4n) is 2.35. The predicted octanol–water partition coefficient (Wildman–Crippen LogP) is 2.92. The highest BCUT2D eigenvalue weighted by Crippen LogP contribution is 2.21. The van der Waals surface area contributed by atoms with E-state index in [1.807, 2.05) is 55.5 Å². The smallest absolute Gasteiger partial charge is 0.275 e. The molecule has 2 aromatic carbocycles. The van der Waals surface area contributed by atoms with Crippen LogP contribution in [0.25, 0.3) is 6.08 Å². The number of carbonyl (C=O) groups excluding carboxylic acids is 1. The molecule has 1 N–H and O–H groups in total. The number of benzene rings is 2. The zero-order valence-electron chi connectivity index (χ0n) is 12.5.